The summed E-state index contributed by atoms with van der Waals surface area (Å²) >= 11 is 0. The Balaban J connectivity index is 2.41. The second-order valence-corrected chi connectivity index (χ2v) is 6.88. The van der Waals surface area contributed by atoms with E-state index in [1.807, 2.05) is 6.20 Å². The van der Waals surface area contributed by atoms with Crippen molar-refractivity contribution in [3.63, 3.8) is 0 Å². The zero-order valence-electron chi connectivity index (χ0n) is 12.7. The molecule has 2 unspecified atom stereocenters. The van der Waals surface area contributed by atoms with E-state index in [1.165, 1.54) is 6.20 Å². The molecular formula is C16H25FN2. The maximum absolute atomic E-state index is 13.4. The first-order valence-corrected chi connectivity index (χ1v) is 7.18. The molecule has 0 saturated carbocycles. The summed E-state index contributed by atoms with van der Waals surface area (Å²) in [5, 5.41) is 0. The summed E-state index contributed by atoms with van der Waals surface area (Å²) in [5.74, 6) is -0.239. The molecule has 1 aliphatic heterocycles. The number of likely N-dealkylation sites (tertiary alicyclic amines) is 1. The molecule has 0 aliphatic carbocycles. The van der Waals surface area contributed by atoms with E-state index in [2.05, 4.69) is 44.5 Å². The van der Waals surface area contributed by atoms with Crippen LogP contribution in [0.5, 0.6) is 0 Å². The maximum atomic E-state index is 13.4. The summed E-state index contributed by atoms with van der Waals surface area (Å²) < 4.78 is 13.4. The number of hydrogen-bond acceptors (Lipinski definition) is 2. The maximum Gasteiger partial charge on any atom is 0.141 e. The fourth-order valence-corrected chi connectivity index (χ4v) is 3.62. The first-order valence-electron chi connectivity index (χ1n) is 7.18. The van der Waals surface area contributed by atoms with Crippen molar-refractivity contribution in [2.75, 3.05) is 0 Å². The molecule has 2 atom stereocenters. The topological polar surface area (TPSA) is 16.1 Å². The minimum Gasteiger partial charge on any atom is -0.286 e. The third-order valence-corrected chi connectivity index (χ3v) is 4.44. The van der Waals surface area contributed by atoms with Crippen molar-refractivity contribution in [3.8, 4) is 0 Å². The SMILES string of the molecule is CCC1(C)CCC(c2cncc(F)c2)N1C(C)(C)C. The molecule has 0 N–H and O–H groups in total. The van der Waals surface area contributed by atoms with E-state index in [4.69, 9.17) is 0 Å². The zero-order valence-corrected chi connectivity index (χ0v) is 12.7. The van der Waals surface area contributed by atoms with Crippen LogP contribution in [-0.4, -0.2) is 21.0 Å². The molecule has 2 rings (SSSR count). The van der Waals surface area contributed by atoms with Gasteiger partial charge in [-0.05, 0) is 58.6 Å². The van der Waals surface area contributed by atoms with Crippen LogP contribution in [0, 0.1) is 5.82 Å². The lowest BCUT2D eigenvalue weighted by Crippen LogP contribution is -2.52. The molecule has 0 radical (unpaired) electrons. The van der Waals surface area contributed by atoms with Crippen molar-refractivity contribution >= 4 is 0 Å². The second kappa shape index (κ2) is 4.86. The normalized spacial score (nSPS) is 28.8. The fraction of sp³-hybridized carbons (Fsp3) is 0.688. The molecule has 1 aliphatic rings. The average Bonchev–Trinajstić information content (AvgIpc) is 2.68. The average molecular weight is 264 g/mol. The Morgan fingerprint density at radius 1 is 1.42 bits per heavy atom. The van der Waals surface area contributed by atoms with Gasteiger partial charge in [-0.15, -0.1) is 0 Å². The summed E-state index contributed by atoms with van der Waals surface area (Å²) in [6, 6.07) is 1.91. The van der Waals surface area contributed by atoms with Crippen molar-refractivity contribution in [3.05, 3.63) is 29.8 Å². The smallest absolute Gasteiger partial charge is 0.141 e. The highest BCUT2D eigenvalue weighted by atomic mass is 19.1. The standard InChI is InChI=1S/C16H25FN2/c1-6-16(5)8-7-14(19(16)15(2,3)4)12-9-13(17)11-18-10-12/h9-11,14H,6-8H2,1-5H3. The Hall–Kier alpha value is -0.960. The monoisotopic (exact) mass is 264 g/mol. The number of pyridine rings is 1. The number of hydrogen-bond donors (Lipinski definition) is 0. The predicted octanol–water partition coefficient (Wildman–Crippen LogP) is 4.32. The van der Waals surface area contributed by atoms with Gasteiger partial charge >= 0.3 is 0 Å². The lowest BCUT2D eigenvalue weighted by Gasteiger charge is -2.47. The molecule has 0 bridgehead atoms. The van der Waals surface area contributed by atoms with Crippen LogP contribution in [0.2, 0.25) is 0 Å². The highest BCUT2D eigenvalue weighted by molar-refractivity contribution is 5.20. The predicted molar refractivity (Wildman–Crippen MR) is 76.5 cm³/mol. The minimum absolute atomic E-state index is 0.0677. The first-order chi connectivity index (χ1) is 8.78. The molecule has 2 heterocycles. The van der Waals surface area contributed by atoms with Gasteiger partial charge in [-0.2, -0.15) is 0 Å². The number of nitrogens with zero attached hydrogens (tertiary/aromatic N) is 2. The van der Waals surface area contributed by atoms with Crippen LogP contribution in [0.3, 0.4) is 0 Å². The molecule has 1 fully saturated rings. The lowest BCUT2D eigenvalue weighted by atomic mass is 9.91. The fourth-order valence-electron chi connectivity index (χ4n) is 3.62. The van der Waals surface area contributed by atoms with E-state index in [1.54, 1.807) is 6.07 Å². The molecule has 0 spiro atoms. The van der Waals surface area contributed by atoms with Gasteiger partial charge in [-0.25, -0.2) is 4.39 Å². The third-order valence-electron chi connectivity index (χ3n) is 4.44. The Morgan fingerprint density at radius 3 is 2.63 bits per heavy atom. The molecule has 0 amide bonds. The lowest BCUT2D eigenvalue weighted by molar-refractivity contribution is 0.0163. The van der Waals surface area contributed by atoms with Gasteiger partial charge in [-0.1, -0.05) is 6.92 Å². The Bertz CT molecular complexity index is 452. The second-order valence-electron chi connectivity index (χ2n) is 6.88. The third kappa shape index (κ3) is 2.66. The summed E-state index contributed by atoms with van der Waals surface area (Å²) in [6.45, 7) is 11.3. The van der Waals surface area contributed by atoms with E-state index in [0.717, 1.165) is 24.8 Å². The first kappa shape index (κ1) is 14.4. The van der Waals surface area contributed by atoms with E-state index >= 15 is 0 Å². The molecule has 1 saturated heterocycles. The van der Waals surface area contributed by atoms with E-state index in [9.17, 15) is 4.39 Å². The van der Waals surface area contributed by atoms with Gasteiger partial charge in [0.2, 0.25) is 0 Å². The molecule has 1 aromatic rings. The van der Waals surface area contributed by atoms with Crippen molar-refractivity contribution in [1.29, 1.82) is 0 Å². The Labute approximate surface area is 116 Å². The summed E-state index contributed by atoms with van der Waals surface area (Å²) in [6.07, 6.45) is 6.44. The van der Waals surface area contributed by atoms with Crippen LogP contribution in [0.25, 0.3) is 0 Å². The van der Waals surface area contributed by atoms with Gasteiger partial charge in [-0.3, -0.25) is 9.88 Å². The van der Waals surface area contributed by atoms with Crippen LogP contribution in [0.1, 0.15) is 65.5 Å². The number of rotatable bonds is 2. The van der Waals surface area contributed by atoms with Gasteiger partial charge in [0.25, 0.3) is 0 Å². The van der Waals surface area contributed by atoms with Gasteiger partial charge in [0.05, 0.1) is 6.20 Å². The van der Waals surface area contributed by atoms with Crippen molar-refractivity contribution < 1.29 is 4.39 Å². The highest BCUT2D eigenvalue weighted by Gasteiger charge is 2.47. The van der Waals surface area contributed by atoms with Crippen LogP contribution in [0.15, 0.2) is 18.5 Å². The molecule has 3 heteroatoms. The van der Waals surface area contributed by atoms with Crippen molar-refractivity contribution in [2.24, 2.45) is 0 Å². The van der Waals surface area contributed by atoms with Crippen molar-refractivity contribution in [2.45, 2.75) is 71.0 Å². The molecule has 0 aromatic carbocycles. The Morgan fingerprint density at radius 2 is 2.11 bits per heavy atom. The van der Waals surface area contributed by atoms with Gasteiger partial charge < -0.3 is 0 Å². The van der Waals surface area contributed by atoms with Crippen LogP contribution < -0.4 is 0 Å². The Kier molecular flexibility index (Phi) is 3.69. The molecule has 106 valence electrons. The largest absolute Gasteiger partial charge is 0.286 e. The van der Waals surface area contributed by atoms with Crippen molar-refractivity contribution in [1.82, 2.24) is 9.88 Å². The number of aromatic nitrogens is 1. The van der Waals surface area contributed by atoms with Crippen LogP contribution >= 0.6 is 0 Å². The van der Waals surface area contributed by atoms with Gasteiger partial charge in [0.1, 0.15) is 5.82 Å². The zero-order chi connectivity index (χ0) is 14.3. The van der Waals surface area contributed by atoms with Gasteiger partial charge in [0.15, 0.2) is 0 Å². The molecule has 1 aromatic heterocycles. The highest BCUT2D eigenvalue weighted by Crippen LogP contribution is 2.48. The van der Waals surface area contributed by atoms with E-state index in [0.29, 0.717) is 0 Å². The van der Waals surface area contributed by atoms with E-state index in [-0.39, 0.29) is 22.9 Å². The van der Waals surface area contributed by atoms with Crippen LogP contribution in [0.4, 0.5) is 4.39 Å². The summed E-state index contributed by atoms with van der Waals surface area (Å²) in [5.41, 5.74) is 1.26. The summed E-state index contributed by atoms with van der Waals surface area (Å²) in [4.78, 5) is 6.57. The molecule has 2 nitrogen and oxygen atoms in total. The molecular weight excluding hydrogens is 239 g/mol. The summed E-state index contributed by atoms with van der Waals surface area (Å²) in [7, 11) is 0. The quantitative estimate of drug-likeness (QED) is 0.790. The van der Waals surface area contributed by atoms with Gasteiger partial charge in [0, 0.05) is 23.3 Å². The minimum atomic E-state index is -0.239. The number of halogens is 1. The van der Waals surface area contributed by atoms with E-state index < -0.39 is 0 Å². The van der Waals surface area contributed by atoms with Crippen LogP contribution in [-0.2, 0) is 0 Å². The molecule has 19 heavy (non-hydrogen) atoms.